The lowest BCUT2D eigenvalue weighted by Crippen LogP contribution is -2.14. The van der Waals surface area contributed by atoms with Gasteiger partial charge in [-0.1, -0.05) is 24.3 Å². The summed E-state index contributed by atoms with van der Waals surface area (Å²) in [7, 11) is 0. The molecule has 0 aliphatic heterocycles. The lowest BCUT2D eigenvalue weighted by Gasteiger charge is -2.03. The first kappa shape index (κ1) is 17.2. The van der Waals surface area contributed by atoms with Crippen LogP contribution in [0.25, 0.3) is 16.9 Å². The van der Waals surface area contributed by atoms with E-state index in [0.29, 0.717) is 29.9 Å². The Balaban J connectivity index is 2.06. The molecular formula is C18H16FN5O2. The summed E-state index contributed by atoms with van der Waals surface area (Å²) >= 11 is 0. The molecule has 0 spiro atoms. The zero-order chi connectivity index (χ0) is 18.7. The average molecular weight is 353 g/mol. The standard InChI is InChI=1S/C18H16FN5O2/c19-13-5-7-14(8-6-13)24-17(20)15(18(21)26)16(23-24)12-3-1-11(2-4-12)9-22-10-25/h1-8,10H,9,20H2,(H2,21,26)(H,22,25). The van der Waals surface area contributed by atoms with Gasteiger partial charge < -0.3 is 16.8 Å². The first-order valence-electron chi connectivity index (χ1n) is 7.72. The molecular weight excluding hydrogens is 337 g/mol. The third-order valence-corrected chi connectivity index (χ3v) is 3.86. The maximum absolute atomic E-state index is 13.1. The second kappa shape index (κ2) is 7.06. The summed E-state index contributed by atoms with van der Waals surface area (Å²) < 4.78 is 14.5. The number of primary amides is 1. The molecule has 0 unspecified atom stereocenters. The van der Waals surface area contributed by atoms with Crippen molar-refractivity contribution in [2.24, 2.45) is 5.73 Å². The number of hydrogen-bond acceptors (Lipinski definition) is 4. The van der Waals surface area contributed by atoms with E-state index in [1.807, 2.05) is 0 Å². The second-order valence-electron chi connectivity index (χ2n) is 5.56. The summed E-state index contributed by atoms with van der Waals surface area (Å²) in [6, 6.07) is 12.6. The molecule has 3 rings (SSSR count). The first-order chi connectivity index (χ1) is 12.5. The Morgan fingerprint density at radius 1 is 1.15 bits per heavy atom. The van der Waals surface area contributed by atoms with Crippen LogP contribution < -0.4 is 16.8 Å². The molecule has 0 saturated heterocycles. The number of aromatic nitrogens is 2. The molecule has 2 amide bonds. The highest BCUT2D eigenvalue weighted by atomic mass is 19.1. The summed E-state index contributed by atoms with van der Waals surface area (Å²) in [6.07, 6.45) is 0.615. The third-order valence-electron chi connectivity index (χ3n) is 3.86. The van der Waals surface area contributed by atoms with E-state index in [0.717, 1.165) is 5.56 Å². The van der Waals surface area contributed by atoms with Gasteiger partial charge in [-0.25, -0.2) is 9.07 Å². The van der Waals surface area contributed by atoms with E-state index in [-0.39, 0.29) is 11.4 Å². The maximum Gasteiger partial charge on any atom is 0.254 e. The van der Waals surface area contributed by atoms with Crippen molar-refractivity contribution in [1.82, 2.24) is 15.1 Å². The quantitative estimate of drug-likeness (QED) is 0.584. The number of rotatable bonds is 6. The molecule has 0 fully saturated rings. The van der Waals surface area contributed by atoms with Gasteiger partial charge in [-0.2, -0.15) is 5.10 Å². The van der Waals surface area contributed by atoms with E-state index < -0.39 is 11.7 Å². The predicted octanol–water partition coefficient (Wildman–Crippen LogP) is 1.61. The van der Waals surface area contributed by atoms with Crippen LogP contribution in [0, 0.1) is 5.82 Å². The normalized spacial score (nSPS) is 10.5. The number of carbonyl (C=O) groups excluding carboxylic acids is 2. The van der Waals surface area contributed by atoms with Crippen molar-refractivity contribution < 1.29 is 14.0 Å². The number of amides is 2. The molecule has 1 aromatic heterocycles. The topological polar surface area (TPSA) is 116 Å². The van der Waals surface area contributed by atoms with Crippen LogP contribution in [-0.2, 0) is 11.3 Å². The molecule has 3 aromatic rings. The highest BCUT2D eigenvalue weighted by Gasteiger charge is 2.22. The van der Waals surface area contributed by atoms with Gasteiger partial charge in [-0.3, -0.25) is 9.59 Å². The Hall–Kier alpha value is -3.68. The minimum atomic E-state index is -0.711. The molecule has 1 heterocycles. The molecule has 0 bridgehead atoms. The van der Waals surface area contributed by atoms with Crippen LogP contribution in [0.2, 0.25) is 0 Å². The van der Waals surface area contributed by atoms with Crippen molar-refractivity contribution >= 4 is 18.1 Å². The summed E-state index contributed by atoms with van der Waals surface area (Å²) in [4.78, 5) is 22.3. The van der Waals surface area contributed by atoms with Gasteiger partial charge >= 0.3 is 0 Å². The molecule has 0 radical (unpaired) electrons. The first-order valence-corrected chi connectivity index (χ1v) is 7.72. The molecule has 0 aliphatic rings. The Bertz CT molecular complexity index is 949. The minimum absolute atomic E-state index is 0.0748. The van der Waals surface area contributed by atoms with Gasteiger partial charge in [0.15, 0.2) is 0 Å². The zero-order valence-corrected chi connectivity index (χ0v) is 13.6. The van der Waals surface area contributed by atoms with E-state index in [2.05, 4.69) is 10.4 Å². The molecule has 0 aliphatic carbocycles. The third kappa shape index (κ3) is 3.25. The van der Waals surface area contributed by atoms with E-state index in [1.165, 1.54) is 28.9 Å². The second-order valence-corrected chi connectivity index (χ2v) is 5.56. The summed E-state index contributed by atoms with van der Waals surface area (Å²) in [5, 5.41) is 6.96. The molecule has 8 heteroatoms. The Morgan fingerprint density at radius 2 is 1.81 bits per heavy atom. The van der Waals surface area contributed by atoms with Crippen LogP contribution in [0.5, 0.6) is 0 Å². The highest BCUT2D eigenvalue weighted by molar-refractivity contribution is 6.03. The van der Waals surface area contributed by atoms with Gasteiger partial charge in [-0.05, 0) is 29.8 Å². The fourth-order valence-corrected chi connectivity index (χ4v) is 2.60. The van der Waals surface area contributed by atoms with E-state index in [1.54, 1.807) is 24.3 Å². The SMILES string of the molecule is NC(=O)c1c(-c2ccc(CNC=O)cc2)nn(-c2ccc(F)cc2)c1N. The fraction of sp³-hybridized carbons (Fsp3) is 0.0556. The molecule has 0 atom stereocenters. The molecule has 132 valence electrons. The summed E-state index contributed by atoms with van der Waals surface area (Å²) in [6.45, 7) is 0.388. The Labute approximate surface area is 148 Å². The van der Waals surface area contributed by atoms with Gasteiger partial charge in [0.25, 0.3) is 5.91 Å². The van der Waals surface area contributed by atoms with Crippen LogP contribution in [0.1, 0.15) is 15.9 Å². The highest BCUT2D eigenvalue weighted by Crippen LogP contribution is 2.29. The van der Waals surface area contributed by atoms with Crippen LogP contribution in [0.4, 0.5) is 10.2 Å². The van der Waals surface area contributed by atoms with Gasteiger partial charge in [-0.15, -0.1) is 0 Å². The van der Waals surface area contributed by atoms with Gasteiger partial charge in [0.1, 0.15) is 22.9 Å². The monoisotopic (exact) mass is 353 g/mol. The largest absolute Gasteiger partial charge is 0.383 e. The zero-order valence-electron chi connectivity index (χ0n) is 13.6. The number of benzene rings is 2. The molecule has 2 aromatic carbocycles. The molecule has 0 saturated carbocycles. The fourth-order valence-electron chi connectivity index (χ4n) is 2.60. The number of nitrogen functional groups attached to an aromatic ring is 1. The molecule has 7 nitrogen and oxygen atoms in total. The van der Waals surface area contributed by atoms with Gasteiger partial charge in [0, 0.05) is 12.1 Å². The van der Waals surface area contributed by atoms with E-state index in [9.17, 15) is 14.0 Å². The number of carbonyl (C=O) groups is 2. The van der Waals surface area contributed by atoms with E-state index in [4.69, 9.17) is 11.5 Å². The van der Waals surface area contributed by atoms with Crippen molar-refractivity contribution in [3.63, 3.8) is 0 Å². The van der Waals surface area contributed by atoms with Crippen LogP contribution in [-0.4, -0.2) is 22.1 Å². The smallest absolute Gasteiger partial charge is 0.254 e. The average Bonchev–Trinajstić information content (AvgIpc) is 2.98. The van der Waals surface area contributed by atoms with Crippen molar-refractivity contribution in [1.29, 1.82) is 0 Å². The number of anilines is 1. The lowest BCUT2D eigenvalue weighted by atomic mass is 10.1. The minimum Gasteiger partial charge on any atom is -0.383 e. The summed E-state index contributed by atoms with van der Waals surface area (Å²) in [5.74, 6) is -1.03. The van der Waals surface area contributed by atoms with Gasteiger partial charge in [0.05, 0.1) is 5.69 Å². The number of nitrogens with one attached hydrogen (secondary N) is 1. The van der Waals surface area contributed by atoms with Crippen molar-refractivity contribution in [3.05, 3.63) is 65.5 Å². The number of halogens is 1. The summed E-state index contributed by atoms with van der Waals surface area (Å²) in [5.41, 5.74) is 14.0. The maximum atomic E-state index is 13.1. The molecule has 5 N–H and O–H groups in total. The van der Waals surface area contributed by atoms with Crippen LogP contribution >= 0.6 is 0 Å². The van der Waals surface area contributed by atoms with Crippen LogP contribution in [0.3, 0.4) is 0 Å². The van der Waals surface area contributed by atoms with Crippen molar-refractivity contribution in [3.8, 4) is 16.9 Å². The Morgan fingerprint density at radius 3 is 2.38 bits per heavy atom. The Kier molecular flexibility index (Phi) is 4.66. The van der Waals surface area contributed by atoms with Crippen LogP contribution in [0.15, 0.2) is 48.5 Å². The molecule has 26 heavy (non-hydrogen) atoms. The van der Waals surface area contributed by atoms with Crippen molar-refractivity contribution in [2.45, 2.75) is 6.54 Å². The number of nitrogens with zero attached hydrogens (tertiary/aromatic N) is 2. The number of nitrogens with two attached hydrogens (primary N) is 2. The predicted molar refractivity (Wildman–Crippen MR) is 94.8 cm³/mol. The number of hydrogen-bond donors (Lipinski definition) is 3. The van der Waals surface area contributed by atoms with E-state index >= 15 is 0 Å². The van der Waals surface area contributed by atoms with Gasteiger partial charge in [0.2, 0.25) is 6.41 Å². The lowest BCUT2D eigenvalue weighted by molar-refractivity contribution is -0.109. The van der Waals surface area contributed by atoms with Crippen molar-refractivity contribution in [2.75, 3.05) is 5.73 Å².